The van der Waals surface area contributed by atoms with Crippen molar-refractivity contribution in [3.63, 3.8) is 0 Å². The molecule has 0 bridgehead atoms. The molecule has 164 valence electrons. The van der Waals surface area contributed by atoms with Gasteiger partial charge in [-0.1, -0.05) is 73.3 Å². The van der Waals surface area contributed by atoms with E-state index in [9.17, 15) is 0 Å². The first kappa shape index (κ1) is 20.3. The van der Waals surface area contributed by atoms with Crippen molar-refractivity contribution in [2.75, 3.05) is 0 Å². The van der Waals surface area contributed by atoms with Crippen LogP contribution in [0, 0.1) is 0 Å². The first-order chi connectivity index (χ1) is 16.7. The number of hydrogen-bond acceptors (Lipinski definition) is 0. The van der Waals surface area contributed by atoms with E-state index in [1.54, 1.807) is 0 Å². The van der Waals surface area contributed by atoms with Crippen molar-refractivity contribution in [2.45, 2.75) is 6.92 Å². The average Bonchev–Trinajstić information content (AvgIpc) is 3.36. The van der Waals surface area contributed by atoms with E-state index in [0.29, 0.717) is 0 Å². The molecule has 0 saturated carbocycles. The second-order valence-electron chi connectivity index (χ2n) is 8.71. The van der Waals surface area contributed by atoms with Crippen LogP contribution < -0.4 is 0 Å². The van der Waals surface area contributed by atoms with Gasteiger partial charge in [0.1, 0.15) is 0 Å². The third-order valence-electron chi connectivity index (χ3n) is 6.83. The topological polar surface area (TPSA) is 9.86 Å². The average molecular weight is 439 g/mol. The molecular formula is C32H26N2. The molecule has 0 aliphatic carbocycles. The van der Waals surface area contributed by atoms with E-state index in [1.165, 1.54) is 49.4 Å². The van der Waals surface area contributed by atoms with E-state index in [0.717, 1.165) is 11.4 Å². The standard InChI is InChI=1S/C32H26N2/c1-4-11-25-26-14-9-10-15-32(26)34(29(25)5-2)24-17-19-31-28(21-24)27-20-23(16-18-30(27)33(31)3)22-12-7-6-8-13-22/h4-21H,2H2,1,3H3/b11-4-. The smallest absolute Gasteiger partial charge is 0.0541 e. The summed E-state index contributed by atoms with van der Waals surface area (Å²) in [4.78, 5) is 0. The van der Waals surface area contributed by atoms with Crippen LogP contribution in [0.25, 0.3) is 61.7 Å². The molecule has 0 N–H and O–H groups in total. The fraction of sp³-hybridized carbons (Fsp3) is 0.0625. The molecule has 0 atom stereocenters. The van der Waals surface area contributed by atoms with E-state index in [4.69, 9.17) is 0 Å². The lowest BCUT2D eigenvalue weighted by molar-refractivity contribution is 1.01. The van der Waals surface area contributed by atoms with Crippen LogP contribution in [-0.2, 0) is 7.05 Å². The van der Waals surface area contributed by atoms with E-state index in [-0.39, 0.29) is 0 Å². The van der Waals surface area contributed by atoms with Crippen LogP contribution in [0.4, 0.5) is 0 Å². The van der Waals surface area contributed by atoms with E-state index < -0.39 is 0 Å². The molecule has 0 fully saturated rings. The van der Waals surface area contributed by atoms with Gasteiger partial charge >= 0.3 is 0 Å². The lowest BCUT2D eigenvalue weighted by atomic mass is 10.0. The summed E-state index contributed by atoms with van der Waals surface area (Å²) in [6.07, 6.45) is 6.24. The molecular weight excluding hydrogens is 412 g/mol. The normalized spacial score (nSPS) is 11.8. The van der Waals surface area contributed by atoms with Crippen LogP contribution >= 0.6 is 0 Å². The quantitative estimate of drug-likeness (QED) is 0.261. The van der Waals surface area contributed by atoms with Crippen LogP contribution in [-0.4, -0.2) is 9.13 Å². The van der Waals surface area contributed by atoms with Crippen LogP contribution in [0.5, 0.6) is 0 Å². The number of hydrogen-bond donors (Lipinski definition) is 0. The number of aromatic nitrogens is 2. The zero-order valence-electron chi connectivity index (χ0n) is 19.5. The molecule has 0 amide bonds. The first-order valence-electron chi connectivity index (χ1n) is 11.7. The molecule has 2 heterocycles. The van der Waals surface area contributed by atoms with Gasteiger partial charge in [-0.2, -0.15) is 0 Å². The highest BCUT2D eigenvalue weighted by Crippen LogP contribution is 2.36. The zero-order valence-corrected chi connectivity index (χ0v) is 19.5. The minimum Gasteiger partial charge on any atom is -0.344 e. The Morgan fingerprint density at radius 2 is 1.38 bits per heavy atom. The molecule has 4 aromatic carbocycles. The molecule has 2 nitrogen and oxygen atoms in total. The molecule has 0 radical (unpaired) electrons. The van der Waals surface area contributed by atoms with Gasteiger partial charge in [0.15, 0.2) is 0 Å². The lowest BCUT2D eigenvalue weighted by Crippen LogP contribution is -1.97. The van der Waals surface area contributed by atoms with Crippen LogP contribution in [0.1, 0.15) is 18.2 Å². The van der Waals surface area contributed by atoms with Gasteiger partial charge in [0.05, 0.1) is 11.2 Å². The Balaban J connectivity index is 1.65. The summed E-state index contributed by atoms with van der Waals surface area (Å²) in [5, 5.41) is 3.76. The number of allylic oxidation sites excluding steroid dienone is 1. The molecule has 0 aliphatic heterocycles. The van der Waals surface area contributed by atoms with Crippen LogP contribution in [0.2, 0.25) is 0 Å². The molecule has 6 rings (SSSR count). The fourth-order valence-electron chi connectivity index (χ4n) is 5.26. The van der Waals surface area contributed by atoms with Crippen LogP contribution in [0.3, 0.4) is 0 Å². The van der Waals surface area contributed by atoms with Crippen molar-refractivity contribution in [1.29, 1.82) is 0 Å². The Morgan fingerprint density at radius 3 is 2.15 bits per heavy atom. The molecule has 0 aliphatic rings. The highest BCUT2D eigenvalue weighted by atomic mass is 15.0. The Hall–Kier alpha value is -4.30. The molecule has 0 unspecified atom stereocenters. The van der Waals surface area contributed by atoms with Gasteiger partial charge in [0, 0.05) is 45.5 Å². The van der Waals surface area contributed by atoms with Gasteiger partial charge in [-0.15, -0.1) is 0 Å². The van der Waals surface area contributed by atoms with Gasteiger partial charge in [-0.05, 0) is 60.5 Å². The summed E-state index contributed by atoms with van der Waals surface area (Å²) < 4.78 is 4.62. The minimum absolute atomic E-state index is 1.11. The maximum atomic E-state index is 4.16. The Labute approximate surface area is 199 Å². The number of benzene rings is 4. The third-order valence-corrected chi connectivity index (χ3v) is 6.83. The van der Waals surface area contributed by atoms with Crippen molar-refractivity contribution in [3.8, 4) is 16.8 Å². The monoisotopic (exact) mass is 438 g/mol. The predicted molar refractivity (Wildman–Crippen MR) is 147 cm³/mol. The van der Waals surface area contributed by atoms with Gasteiger partial charge in [-0.25, -0.2) is 0 Å². The molecule has 34 heavy (non-hydrogen) atoms. The molecule has 0 saturated heterocycles. The Kier molecular flexibility index (Phi) is 4.74. The second-order valence-corrected chi connectivity index (χ2v) is 8.71. The molecule has 6 aromatic rings. The first-order valence-corrected chi connectivity index (χ1v) is 11.7. The number of rotatable bonds is 4. The number of para-hydroxylation sites is 1. The lowest BCUT2D eigenvalue weighted by Gasteiger charge is -2.10. The van der Waals surface area contributed by atoms with Gasteiger partial charge < -0.3 is 9.13 Å². The summed E-state index contributed by atoms with van der Waals surface area (Å²) in [6.45, 7) is 6.22. The van der Waals surface area contributed by atoms with Crippen molar-refractivity contribution in [1.82, 2.24) is 9.13 Å². The Bertz CT molecular complexity index is 1730. The van der Waals surface area contributed by atoms with E-state index in [1.807, 2.05) is 6.08 Å². The second kappa shape index (κ2) is 7.93. The van der Waals surface area contributed by atoms with Gasteiger partial charge in [-0.3, -0.25) is 0 Å². The largest absolute Gasteiger partial charge is 0.344 e. The molecule has 2 aromatic heterocycles. The van der Waals surface area contributed by atoms with E-state index in [2.05, 4.69) is 133 Å². The highest BCUT2D eigenvalue weighted by molar-refractivity contribution is 6.10. The minimum atomic E-state index is 1.11. The van der Waals surface area contributed by atoms with Crippen molar-refractivity contribution in [3.05, 3.63) is 115 Å². The molecule has 0 spiro atoms. The summed E-state index contributed by atoms with van der Waals surface area (Å²) >= 11 is 0. The number of fused-ring (bicyclic) bond motifs is 4. The molecule has 2 heteroatoms. The number of aryl methyl sites for hydroxylation is 1. The van der Waals surface area contributed by atoms with E-state index >= 15 is 0 Å². The van der Waals surface area contributed by atoms with Crippen LogP contribution in [0.15, 0.2) is 104 Å². The SMILES string of the molecule is C=Cc1c(/C=C\C)c2ccccc2n1-c1ccc2c(c1)c1cc(-c3ccccc3)ccc1n2C. The van der Waals surface area contributed by atoms with Crippen molar-refractivity contribution >= 4 is 44.9 Å². The fourth-order valence-corrected chi connectivity index (χ4v) is 5.26. The summed E-state index contributed by atoms with van der Waals surface area (Å²) in [7, 11) is 2.15. The van der Waals surface area contributed by atoms with Crippen molar-refractivity contribution in [2.24, 2.45) is 7.05 Å². The van der Waals surface area contributed by atoms with Crippen molar-refractivity contribution < 1.29 is 0 Å². The Morgan fingerprint density at radius 1 is 0.676 bits per heavy atom. The highest BCUT2D eigenvalue weighted by Gasteiger charge is 2.16. The summed E-state index contributed by atoms with van der Waals surface area (Å²) in [6, 6.07) is 32.7. The van der Waals surface area contributed by atoms with Gasteiger partial charge in [0.25, 0.3) is 0 Å². The predicted octanol–water partition coefficient (Wildman–Crippen LogP) is 8.62. The maximum Gasteiger partial charge on any atom is 0.0541 e. The number of nitrogens with zero attached hydrogens (tertiary/aromatic N) is 2. The zero-order chi connectivity index (χ0) is 23.2. The maximum absolute atomic E-state index is 4.16. The van der Waals surface area contributed by atoms with Gasteiger partial charge in [0.2, 0.25) is 0 Å². The summed E-state index contributed by atoms with van der Waals surface area (Å²) in [5.41, 5.74) is 9.60. The third kappa shape index (κ3) is 2.96. The summed E-state index contributed by atoms with van der Waals surface area (Å²) in [5.74, 6) is 0.